The molecule has 0 aliphatic heterocycles. The zero-order valence-corrected chi connectivity index (χ0v) is 11.1. The van der Waals surface area contributed by atoms with Gasteiger partial charge in [-0.1, -0.05) is 23.7 Å². The SMILES string of the molecule is OC(CNCc1ccco1)COc1ccccc1Cl. The maximum atomic E-state index is 9.77. The van der Waals surface area contributed by atoms with Crippen molar-refractivity contribution in [2.45, 2.75) is 12.6 Å². The van der Waals surface area contributed by atoms with E-state index in [1.807, 2.05) is 24.3 Å². The molecule has 0 amide bonds. The van der Waals surface area contributed by atoms with E-state index in [2.05, 4.69) is 5.32 Å². The van der Waals surface area contributed by atoms with Crippen LogP contribution in [0.1, 0.15) is 5.76 Å². The Hall–Kier alpha value is -1.49. The maximum Gasteiger partial charge on any atom is 0.138 e. The topological polar surface area (TPSA) is 54.6 Å². The second-order valence-electron chi connectivity index (χ2n) is 4.11. The molecule has 2 rings (SSSR count). The molecular formula is C14H16ClNO3. The number of hydrogen-bond donors (Lipinski definition) is 2. The highest BCUT2D eigenvalue weighted by Gasteiger charge is 2.07. The van der Waals surface area contributed by atoms with Crippen LogP contribution in [0, 0.1) is 0 Å². The average Bonchev–Trinajstić information content (AvgIpc) is 2.91. The van der Waals surface area contributed by atoms with Crippen LogP contribution in [0.5, 0.6) is 5.75 Å². The number of para-hydroxylation sites is 1. The molecule has 1 aromatic carbocycles. The van der Waals surface area contributed by atoms with Crippen molar-refractivity contribution >= 4 is 11.6 Å². The first-order valence-corrected chi connectivity index (χ1v) is 6.42. The zero-order chi connectivity index (χ0) is 13.5. The molecule has 5 heteroatoms. The van der Waals surface area contributed by atoms with Crippen LogP contribution in [0.25, 0.3) is 0 Å². The predicted octanol–water partition coefficient (Wildman–Crippen LogP) is 2.46. The summed E-state index contributed by atoms with van der Waals surface area (Å²) in [5.41, 5.74) is 0. The van der Waals surface area contributed by atoms with Gasteiger partial charge in [0.2, 0.25) is 0 Å². The fourth-order valence-corrected chi connectivity index (χ4v) is 1.77. The summed E-state index contributed by atoms with van der Waals surface area (Å²) in [7, 11) is 0. The fraction of sp³-hybridized carbons (Fsp3) is 0.286. The lowest BCUT2D eigenvalue weighted by atomic mass is 10.3. The van der Waals surface area contributed by atoms with Crippen molar-refractivity contribution in [3.63, 3.8) is 0 Å². The summed E-state index contributed by atoms with van der Waals surface area (Å²) in [6.07, 6.45) is 1.01. The molecule has 2 aromatic rings. The van der Waals surface area contributed by atoms with E-state index < -0.39 is 6.10 Å². The molecule has 0 saturated carbocycles. The van der Waals surface area contributed by atoms with Gasteiger partial charge in [-0.25, -0.2) is 0 Å². The van der Waals surface area contributed by atoms with Gasteiger partial charge < -0.3 is 19.6 Å². The lowest BCUT2D eigenvalue weighted by molar-refractivity contribution is 0.106. The van der Waals surface area contributed by atoms with Gasteiger partial charge in [-0.2, -0.15) is 0 Å². The molecule has 2 N–H and O–H groups in total. The number of benzene rings is 1. The van der Waals surface area contributed by atoms with Crippen LogP contribution in [-0.2, 0) is 6.54 Å². The number of aliphatic hydroxyl groups is 1. The average molecular weight is 282 g/mol. The lowest BCUT2D eigenvalue weighted by Gasteiger charge is -2.13. The van der Waals surface area contributed by atoms with Crippen LogP contribution in [0.2, 0.25) is 5.02 Å². The Labute approximate surface area is 117 Å². The highest BCUT2D eigenvalue weighted by Crippen LogP contribution is 2.22. The number of aliphatic hydroxyl groups excluding tert-OH is 1. The van der Waals surface area contributed by atoms with Crippen LogP contribution < -0.4 is 10.1 Å². The summed E-state index contributed by atoms with van der Waals surface area (Å²) < 4.78 is 10.6. The molecule has 1 aromatic heterocycles. The van der Waals surface area contributed by atoms with Gasteiger partial charge in [0.05, 0.1) is 17.8 Å². The van der Waals surface area contributed by atoms with Gasteiger partial charge in [0, 0.05) is 6.54 Å². The third-order valence-corrected chi connectivity index (χ3v) is 2.84. The molecule has 4 nitrogen and oxygen atoms in total. The van der Waals surface area contributed by atoms with Crippen LogP contribution in [-0.4, -0.2) is 24.4 Å². The van der Waals surface area contributed by atoms with Gasteiger partial charge in [-0.05, 0) is 24.3 Å². The maximum absolute atomic E-state index is 9.77. The largest absolute Gasteiger partial charge is 0.489 e. The molecule has 102 valence electrons. The Bertz CT molecular complexity index is 487. The second kappa shape index (κ2) is 7.19. The summed E-state index contributed by atoms with van der Waals surface area (Å²) in [6, 6.07) is 10.9. The minimum absolute atomic E-state index is 0.189. The van der Waals surface area contributed by atoms with Gasteiger partial charge in [-0.3, -0.25) is 0 Å². The Kier molecular flexibility index (Phi) is 5.27. The van der Waals surface area contributed by atoms with Gasteiger partial charge in [-0.15, -0.1) is 0 Å². The molecule has 0 aliphatic rings. The summed E-state index contributed by atoms with van der Waals surface area (Å²) >= 11 is 5.94. The quantitative estimate of drug-likeness (QED) is 0.819. The van der Waals surface area contributed by atoms with E-state index in [-0.39, 0.29) is 6.61 Å². The molecule has 0 bridgehead atoms. The minimum atomic E-state index is -0.605. The molecule has 1 heterocycles. The molecular weight excluding hydrogens is 266 g/mol. The Morgan fingerprint density at radius 1 is 1.26 bits per heavy atom. The Morgan fingerprint density at radius 3 is 2.84 bits per heavy atom. The van der Waals surface area contributed by atoms with Crippen molar-refractivity contribution in [1.82, 2.24) is 5.32 Å². The van der Waals surface area contributed by atoms with E-state index in [9.17, 15) is 5.11 Å². The highest BCUT2D eigenvalue weighted by molar-refractivity contribution is 6.32. The number of furan rings is 1. The summed E-state index contributed by atoms with van der Waals surface area (Å²) in [6.45, 7) is 1.19. The van der Waals surface area contributed by atoms with E-state index in [0.29, 0.717) is 23.9 Å². The highest BCUT2D eigenvalue weighted by atomic mass is 35.5. The van der Waals surface area contributed by atoms with Gasteiger partial charge >= 0.3 is 0 Å². The Morgan fingerprint density at radius 2 is 2.11 bits per heavy atom. The van der Waals surface area contributed by atoms with Crippen molar-refractivity contribution < 1.29 is 14.3 Å². The van der Waals surface area contributed by atoms with Crippen LogP contribution >= 0.6 is 11.6 Å². The summed E-state index contributed by atoms with van der Waals surface area (Å²) in [5.74, 6) is 1.41. The third kappa shape index (κ3) is 4.59. The zero-order valence-electron chi connectivity index (χ0n) is 10.4. The van der Waals surface area contributed by atoms with E-state index >= 15 is 0 Å². The lowest BCUT2D eigenvalue weighted by Crippen LogP contribution is -2.31. The number of ether oxygens (including phenoxy) is 1. The number of nitrogens with one attached hydrogen (secondary N) is 1. The Balaban J connectivity index is 1.67. The fourth-order valence-electron chi connectivity index (χ4n) is 1.58. The predicted molar refractivity (Wildman–Crippen MR) is 73.4 cm³/mol. The van der Waals surface area contributed by atoms with Gasteiger partial charge in [0.25, 0.3) is 0 Å². The molecule has 19 heavy (non-hydrogen) atoms. The first-order valence-electron chi connectivity index (χ1n) is 6.04. The summed E-state index contributed by atoms with van der Waals surface area (Å²) in [4.78, 5) is 0. The van der Waals surface area contributed by atoms with E-state index in [0.717, 1.165) is 5.76 Å². The number of halogens is 1. The minimum Gasteiger partial charge on any atom is -0.489 e. The molecule has 0 aliphatic carbocycles. The van der Waals surface area contributed by atoms with Crippen molar-refractivity contribution in [1.29, 1.82) is 0 Å². The smallest absolute Gasteiger partial charge is 0.138 e. The normalized spacial score (nSPS) is 12.3. The summed E-state index contributed by atoms with van der Waals surface area (Å²) in [5, 5.41) is 13.4. The molecule has 0 fully saturated rings. The molecule has 0 radical (unpaired) electrons. The molecule has 0 saturated heterocycles. The molecule has 1 unspecified atom stereocenters. The van der Waals surface area contributed by atoms with Crippen LogP contribution in [0.4, 0.5) is 0 Å². The first-order chi connectivity index (χ1) is 9.25. The number of rotatable bonds is 7. The molecule has 1 atom stereocenters. The van der Waals surface area contributed by atoms with Crippen molar-refractivity contribution in [2.24, 2.45) is 0 Å². The van der Waals surface area contributed by atoms with Crippen molar-refractivity contribution in [2.75, 3.05) is 13.2 Å². The monoisotopic (exact) mass is 281 g/mol. The third-order valence-electron chi connectivity index (χ3n) is 2.53. The van der Waals surface area contributed by atoms with Crippen LogP contribution in [0.15, 0.2) is 47.1 Å². The molecule has 0 spiro atoms. The van der Waals surface area contributed by atoms with E-state index in [1.54, 1.807) is 18.4 Å². The van der Waals surface area contributed by atoms with Gasteiger partial charge in [0.1, 0.15) is 24.2 Å². The van der Waals surface area contributed by atoms with Crippen molar-refractivity contribution in [3.05, 3.63) is 53.4 Å². The van der Waals surface area contributed by atoms with Crippen molar-refractivity contribution in [3.8, 4) is 5.75 Å². The second-order valence-corrected chi connectivity index (χ2v) is 4.51. The first kappa shape index (κ1) is 13.9. The van der Waals surface area contributed by atoms with Gasteiger partial charge in [0.15, 0.2) is 0 Å². The van der Waals surface area contributed by atoms with E-state index in [1.165, 1.54) is 0 Å². The standard InChI is InChI=1S/C14H16ClNO3/c15-13-5-1-2-6-14(13)19-10-11(17)8-16-9-12-4-3-7-18-12/h1-7,11,16-17H,8-10H2. The van der Waals surface area contributed by atoms with E-state index in [4.69, 9.17) is 20.8 Å². The number of hydrogen-bond acceptors (Lipinski definition) is 4. The van der Waals surface area contributed by atoms with Crippen LogP contribution in [0.3, 0.4) is 0 Å².